The molecule has 1 saturated heterocycles. The first-order chi connectivity index (χ1) is 10.2. The van der Waals surface area contributed by atoms with E-state index in [1.165, 1.54) is 0 Å². The fraction of sp³-hybridized carbons (Fsp3) is 0.615. The molecule has 1 amide bonds. The Balaban J connectivity index is 2.32. The molecule has 1 unspecified atom stereocenters. The summed E-state index contributed by atoms with van der Waals surface area (Å²) in [5, 5.41) is 2.66. The lowest BCUT2D eigenvalue weighted by Gasteiger charge is -2.35. The van der Waals surface area contributed by atoms with E-state index >= 15 is 0 Å². The fourth-order valence-corrected chi connectivity index (χ4v) is 2.30. The van der Waals surface area contributed by atoms with Gasteiger partial charge < -0.3 is 20.4 Å². The Morgan fingerprint density at radius 3 is 3.05 bits per heavy atom. The van der Waals surface area contributed by atoms with Gasteiger partial charge in [0.05, 0.1) is 13.2 Å². The minimum Gasteiger partial charge on any atom is -0.377 e. The number of hydrogen-bond acceptors (Lipinski definition) is 7. The predicted octanol–water partition coefficient (Wildman–Crippen LogP) is -0.334. The second kappa shape index (κ2) is 7.19. The Morgan fingerprint density at radius 2 is 2.38 bits per heavy atom. The van der Waals surface area contributed by atoms with Crippen LogP contribution < -0.4 is 21.5 Å². The van der Waals surface area contributed by atoms with Crippen LogP contribution in [-0.4, -0.2) is 48.7 Å². The van der Waals surface area contributed by atoms with Gasteiger partial charge in [-0.05, 0) is 6.42 Å². The monoisotopic (exact) mass is 294 g/mol. The van der Waals surface area contributed by atoms with Gasteiger partial charge in [-0.25, -0.2) is 15.8 Å². The number of anilines is 2. The molecule has 0 bridgehead atoms. The largest absolute Gasteiger partial charge is 0.377 e. The van der Waals surface area contributed by atoms with Gasteiger partial charge in [-0.2, -0.15) is 0 Å². The minimum absolute atomic E-state index is 0.0902. The average molecular weight is 294 g/mol. The standard InChI is InChI=1S/C13H22N6O2/c1-3-4-10-16-11(18-14)7-12(17-10)19-5-6-21-8-9(19)13(20)15-2/h7,9H,3-6,8,14H2,1-2H3,(H,15,20)(H,16,17,18). The first kappa shape index (κ1) is 15.5. The number of nitrogens with zero attached hydrogens (tertiary/aromatic N) is 3. The summed E-state index contributed by atoms with van der Waals surface area (Å²) in [6.07, 6.45) is 1.70. The number of carbonyl (C=O) groups is 1. The highest BCUT2D eigenvalue weighted by molar-refractivity contribution is 5.85. The molecular formula is C13H22N6O2. The van der Waals surface area contributed by atoms with E-state index in [2.05, 4.69) is 27.6 Å². The van der Waals surface area contributed by atoms with Crippen molar-refractivity contribution in [2.45, 2.75) is 25.8 Å². The van der Waals surface area contributed by atoms with Crippen LogP contribution in [0.4, 0.5) is 11.6 Å². The summed E-state index contributed by atoms with van der Waals surface area (Å²) in [5.41, 5.74) is 2.55. The Labute approximate surface area is 124 Å². The molecule has 1 atom stereocenters. The van der Waals surface area contributed by atoms with Crippen LogP contribution in [0.5, 0.6) is 0 Å². The molecule has 0 saturated carbocycles. The van der Waals surface area contributed by atoms with Crippen molar-refractivity contribution in [3.05, 3.63) is 11.9 Å². The number of likely N-dealkylation sites (N-methyl/N-ethyl adjacent to an activating group) is 1. The zero-order chi connectivity index (χ0) is 15.2. The Kier molecular flexibility index (Phi) is 5.29. The molecule has 4 N–H and O–H groups in total. The number of morpholine rings is 1. The van der Waals surface area contributed by atoms with Gasteiger partial charge in [0.15, 0.2) is 0 Å². The van der Waals surface area contributed by atoms with Gasteiger partial charge in [-0.3, -0.25) is 4.79 Å². The summed E-state index contributed by atoms with van der Waals surface area (Å²) < 4.78 is 5.40. The second-order valence-electron chi connectivity index (χ2n) is 4.82. The molecule has 0 aromatic carbocycles. The molecule has 116 valence electrons. The van der Waals surface area contributed by atoms with Crippen molar-refractivity contribution in [2.75, 3.05) is 37.1 Å². The lowest BCUT2D eigenvalue weighted by molar-refractivity contribution is -0.124. The molecule has 1 aliphatic heterocycles. The van der Waals surface area contributed by atoms with Crippen LogP contribution in [0.3, 0.4) is 0 Å². The molecular weight excluding hydrogens is 272 g/mol. The first-order valence-corrected chi connectivity index (χ1v) is 7.10. The summed E-state index contributed by atoms with van der Waals surface area (Å²) in [5.74, 6) is 7.33. The van der Waals surface area contributed by atoms with Crippen molar-refractivity contribution in [2.24, 2.45) is 5.84 Å². The summed E-state index contributed by atoms with van der Waals surface area (Å²) in [4.78, 5) is 22.8. The highest BCUT2D eigenvalue weighted by Crippen LogP contribution is 2.21. The highest BCUT2D eigenvalue weighted by atomic mass is 16.5. The zero-order valence-corrected chi connectivity index (χ0v) is 12.4. The van der Waals surface area contributed by atoms with Crippen LogP contribution in [0.15, 0.2) is 6.07 Å². The molecule has 0 aliphatic carbocycles. The lowest BCUT2D eigenvalue weighted by atomic mass is 10.2. The molecule has 8 heteroatoms. The third kappa shape index (κ3) is 3.59. The van der Waals surface area contributed by atoms with Crippen LogP contribution in [0.1, 0.15) is 19.2 Å². The number of rotatable bonds is 5. The number of aromatic nitrogens is 2. The molecule has 2 heterocycles. The van der Waals surface area contributed by atoms with Crippen molar-refractivity contribution in [3.63, 3.8) is 0 Å². The molecule has 1 aromatic rings. The fourth-order valence-electron chi connectivity index (χ4n) is 2.30. The first-order valence-electron chi connectivity index (χ1n) is 7.10. The smallest absolute Gasteiger partial charge is 0.244 e. The van der Waals surface area contributed by atoms with Crippen LogP contribution in [0.25, 0.3) is 0 Å². The lowest BCUT2D eigenvalue weighted by Crippen LogP contribution is -2.53. The molecule has 0 spiro atoms. The summed E-state index contributed by atoms with van der Waals surface area (Å²) in [6.45, 7) is 3.57. The van der Waals surface area contributed by atoms with Gasteiger partial charge in [-0.1, -0.05) is 6.92 Å². The highest BCUT2D eigenvalue weighted by Gasteiger charge is 2.30. The molecule has 1 aromatic heterocycles. The zero-order valence-electron chi connectivity index (χ0n) is 12.4. The summed E-state index contributed by atoms with van der Waals surface area (Å²) in [7, 11) is 1.62. The number of aryl methyl sites for hydroxylation is 1. The quantitative estimate of drug-likeness (QED) is 0.504. The number of nitrogens with two attached hydrogens (primary N) is 1. The van der Waals surface area contributed by atoms with Gasteiger partial charge in [0.2, 0.25) is 5.91 Å². The normalized spacial score (nSPS) is 18.4. The van der Waals surface area contributed by atoms with E-state index in [4.69, 9.17) is 10.6 Å². The second-order valence-corrected chi connectivity index (χ2v) is 4.82. The molecule has 2 rings (SSSR count). The van der Waals surface area contributed by atoms with E-state index in [1.54, 1.807) is 13.1 Å². The van der Waals surface area contributed by atoms with Gasteiger partial charge in [0.25, 0.3) is 0 Å². The summed E-state index contributed by atoms with van der Waals surface area (Å²) in [6, 6.07) is 1.36. The van der Waals surface area contributed by atoms with Crippen molar-refractivity contribution in [1.29, 1.82) is 0 Å². The van der Waals surface area contributed by atoms with E-state index in [9.17, 15) is 4.79 Å². The van der Waals surface area contributed by atoms with Crippen molar-refractivity contribution < 1.29 is 9.53 Å². The van der Waals surface area contributed by atoms with E-state index in [1.807, 2.05) is 4.90 Å². The van der Waals surface area contributed by atoms with Crippen LogP contribution in [0, 0.1) is 0 Å². The Bertz CT molecular complexity index is 496. The van der Waals surface area contributed by atoms with E-state index in [-0.39, 0.29) is 5.91 Å². The third-order valence-corrected chi connectivity index (χ3v) is 3.35. The maximum Gasteiger partial charge on any atom is 0.244 e. The number of nitrogen functional groups attached to an aromatic ring is 1. The number of hydrazine groups is 1. The Morgan fingerprint density at radius 1 is 1.57 bits per heavy atom. The number of hydrogen-bond donors (Lipinski definition) is 3. The molecule has 1 aliphatic rings. The third-order valence-electron chi connectivity index (χ3n) is 3.35. The molecule has 21 heavy (non-hydrogen) atoms. The van der Waals surface area contributed by atoms with Crippen molar-refractivity contribution in [3.8, 4) is 0 Å². The molecule has 0 radical (unpaired) electrons. The van der Waals surface area contributed by atoms with Crippen LogP contribution in [-0.2, 0) is 16.0 Å². The van der Waals surface area contributed by atoms with E-state index in [0.29, 0.717) is 37.2 Å². The number of amides is 1. The van der Waals surface area contributed by atoms with E-state index < -0.39 is 6.04 Å². The minimum atomic E-state index is -0.390. The molecule has 8 nitrogen and oxygen atoms in total. The summed E-state index contributed by atoms with van der Waals surface area (Å²) >= 11 is 0. The predicted molar refractivity (Wildman–Crippen MR) is 79.9 cm³/mol. The number of nitrogens with one attached hydrogen (secondary N) is 2. The van der Waals surface area contributed by atoms with Gasteiger partial charge in [0.1, 0.15) is 23.5 Å². The van der Waals surface area contributed by atoms with Gasteiger partial charge >= 0.3 is 0 Å². The number of ether oxygens (including phenoxy) is 1. The van der Waals surface area contributed by atoms with Crippen molar-refractivity contribution >= 4 is 17.5 Å². The van der Waals surface area contributed by atoms with E-state index in [0.717, 1.165) is 12.8 Å². The topological polar surface area (TPSA) is 105 Å². The maximum absolute atomic E-state index is 12.0. The van der Waals surface area contributed by atoms with Crippen LogP contribution >= 0.6 is 0 Å². The average Bonchev–Trinajstić information content (AvgIpc) is 2.54. The van der Waals surface area contributed by atoms with Crippen molar-refractivity contribution in [1.82, 2.24) is 15.3 Å². The SMILES string of the molecule is CCCc1nc(NN)cc(N2CCOCC2C(=O)NC)n1. The van der Waals surface area contributed by atoms with Gasteiger partial charge in [0, 0.05) is 26.1 Å². The van der Waals surface area contributed by atoms with Gasteiger partial charge in [-0.15, -0.1) is 0 Å². The van der Waals surface area contributed by atoms with Crippen LogP contribution in [0.2, 0.25) is 0 Å². The Hall–Kier alpha value is -1.93. The number of carbonyl (C=O) groups excluding carboxylic acids is 1. The molecule has 1 fully saturated rings. The maximum atomic E-state index is 12.0.